The number of rotatable bonds is 5. The van der Waals surface area contributed by atoms with Gasteiger partial charge in [0, 0.05) is 20.0 Å². The lowest BCUT2D eigenvalue weighted by molar-refractivity contribution is 0.591. The van der Waals surface area contributed by atoms with Crippen molar-refractivity contribution in [2.75, 3.05) is 11.4 Å². The number of anilines is 1. The van der Waals surface area contributed by atoms with Crippen molar-refractivity contribution >= 4 is 15.7 Å². The van der Waals surface area contributed by atoms with E-state index in [0.717, 1.165) is 5.56 Å². The van der Waals surface area contributed by atoms with Crippen LogP contribution >= 0.6 is 0 Å². The van der Waals surface area contributed by atoms with Gasteiger partial charge in [-0.1, -0.05) is 19.1 Å². The molecule has 0 aliphatic heterocycles. The molecule has 1 aromatic heterocycles. The van der Waals surface area contributed by atoms with E-state index in [1.807, 2.05) is 19.1 Å². The quantitative estimate of drug-likeness (QED) is 0.868. The fourth-order valence-electron chi connectivity index (χ4n) is 1.78. The highest BCUT2D eigenvalue weighted by atomic mass is 32.2. The first kappa shape index (κ1) is 14.5. The van der Waals surface area contributed by atoms with Gasteiger partial charge in [0.25, 0.3) is 10.0 Å². The van der Waals surface area contributed by atoms with E-state index in [4.69, 9.17) is 5.73 Å². The lowest BCUT2D eigenvalue weighted by Crippen LogP contribution is -2.26. The Morgan fingerprint density at radius 2 is 1.95 bits per heavy atom. The first-order valence-electron chi connectivity index (χ1n) is 6.31. The summed E-state index contributed by atoms with van der Waals surface area (Å²) in [5.74, 6) is 0.649. The predicted octanol–water partition coefficient (Wildman–Crippen LogP) is 1.26. The van der Waals surface area contributed by atoms with E-state index in [9.17, 15) is 8.42 Å². The SMILES string of the molecule is CCc1ncc(S(=O)(=O)N(C)c2ccc(CN)cc2)[nH]1. The number of nitrogens with zero attached hydrogens (tertiary/aromatic N) is 2. The van der Waals surface area contributed by atoms with Crippen molar-refractivity contribution in [3.05, 3.63) is 41.9 Å². The predicted molar refractivity (Wildman–Crippen MR) is 77.9 cm³/mol. The van der Waals surface area contributed by atoms with Crippen molar-refractivity contribution in [3.8, 4) is 0 Å². The molecular formula is C13H18N4O2S. The van der Waals surface area contributed by atoms with Gasteiger partial charge in [0.1, 0.15) is 5.82 Å². The molecule has 0 radical (unpaired) electrons. The Morgan fingerprint density at radius 1 is 1.30 bits per heavy atom. The van der Waals surface area contributed by atoms with E-state index in [2.05, 4.69) is 9.97 Å². The number of aromatic nitrogens is 2. The number of aromatic amines is 1. The van der Waals surface area contributed by atoms with Gasteiger partial charge in [-0.3, -0.25) is 4.31 Å². The Morgan fingerprint density at radius 3 is 2.45 bits per heavy atom. The minimum Gasteiger partial charge on any atom is -0.332 e. The Kier molecular flexibility index (Phi) is 4.10. The van der Waals surface area contributed by atoms with E-state index in [-0.39, 0.29) is 5.03 Å². The average molecular weight is 294 g/mol. The second-order valence-electron chi connectivity index (χ2n) is 4.39. The van der Waals surface area contributed by atoms with Gasteiger partial charge in [-0.05, 0) is 17.7 Å². The summed E-state index contributed by atoms with van der Waals surface area (Å²) in [4.78, 5) is 6.84. The molecule has 0 fully saturated rings. The smallest absolute Gasteiger partial charge is 0.281 e. The topological polar surface area (TPSA) is 92.1 Å². The number of nitrogens with one attached hydrogen (secondary N) is 1. The number of aryl methyl sites for hydroxylation is 1. The third-order valence-electron chi connectivity index (χ3n) is 3.11. The van der Waals surface area contributed by atoms with Crippen LogP contribution in [0.25, 0.3) is 0 Å². The first-order chi connectivity index (χ1) is 9.48. The van der Waals surface area contributed by atoms with E-state index in [0.29, 0.717) is 24.5 Å². The Bertz CT molecular complexity index is 677. The molecule has 0 spiro atoms. The molecule has 0 bridgehead atoms. The molecule has 0 atom stereocenters. The summed E-state index contributed by atoms with van der Waals surface area (Å²) in [5, 5.41) is 0.0970. The maximum atomic E-state index is 12.4. The number of benzene rings is 1. The highest BCUT2D eigenvalue weighted by Gasteiger charge is 2.23. The first-order valence-corrected chi connectivity index (χ1v) is 7.75. The minimum atomic E-state index is -3.62. The van der Waals surface area contributed by atoms with Gasteiger partial charge in [-0.25, -0.2) is 4.98 Å². The number of imidazole rings is 1. The monoisotopic (exact) mass is 294 g/mol. The number of hydrogen-bond acceptors (Lipinski definition) is 4. The van der Waals surface area contributed by atoms with Gasteiger partial charge in [0.15, 0.2) is 5.03 Å². The van der Waals surface area contributed by atoms with Gasteiger partial charge < -0.3 is 10.7 Å². The van der Waals surface area contributed by atoms with Crippen LogP contribution in [0.4, 0.5) is 5.69 Å². The third-order valence-corrected chi connectivity index (χ3v) is 4.81. The number of nitrogens with two attached hydrogens (primary N) is 1. The van der Waals surface area contributed by atoms with Crippen LogP contribution in [-0.4, -0.2) is 25.4 Å². The van der Waals surface area contributed by atoms with Crippen LogP contribution in [0.5, 0.6) is 0 Å². The summed E-state index contributed by atoms with van der Waals surface area (Å²) in [5.41, 5.74) is 7.06. The van der Waals surface area contributed by atoms with E-state index in [1.54, 1.807) is 12.1 Å². The normalized spacial score (nSPS) is 11.6. The molecule has 1 heterocycles. The summed E-state index contributed by atoms with van der Waals surface area (Å²) in [6.07, 6.45) is 2.00. The van der Waals surface area contributed by atoms with E-state index < -0.39 is 10.0 Å². The molecule has 6 nitrogen and oxygen atoms in total. The summed E-state index contributed by atoms with van der Waals surface area (Å²) in [6, 6.07) is 7.09. The van der Waals surface area contributed by atoms with Crippen molar-refractivity contribution in [3.63, 3.8) is 0 Å². The lowest BCUT2D eigenvalue weighted by atomic mass is 10.2. The fraction of sp³-hybridized carbons (Fsp3) is 0.308. The van der Waals surface area contributed by atoms with Crippen LogP contribution in [-0.2, 0) is 23.0 Å². The molecule has 0 aliphatic rings. The molecule has 0 saturated carbocycles. The van der Waals surface area contributed by atoms with Crippen LogP contribution in [0, 0.1) is 0 Å². The zero-order chi connectivity index (χ0) is 14.8. The summed E-state index contributed by atoms with van der Waals surface area (Å²) < 4.78 is 26.1. The van der Waals surface area contributed by atoms with Gasteiger partial charge in [0.05, 0.1) is 11.9 Å². The van der Waals surface area contributed by atoms with Crippen LogP contribution in [0.1, 0.15) is 18.3 Å². The highest BCUT2D eigenvalue weighted by Crippen LogP contribution is 2.21. The molecular weight excluding hydrogens is 276 g/mol. The number of sulfonamides is 1. The van der Waals surface area contributed by atoms with Crippen molar-refractivity contribution < 1.29 is 8.42 Å². The zero-order valence-electron chi connectivity index (χ0n) is 11.5. The summed E-state index contributed by atoms with van der Waals surface area (Å²) in [6.45, 7) is 2.33. The molecule has 3 N–H and O–H groups in total. The van der Waals surface area contributed by atoms with E-state index in [1.165, 1.54) is 17.5 Å². The Balaban J connectivity index is 2.32. The Hall–Kier alpha value is -1.86. The minimum absolute atomic E-state index is 0.0970. The highest BCUT2D eigenvalue weighted by molar-refractivity contribution is 7.92. The van der Waals surface area contributed by atoms with Crippen LogP contribution in [0.15, 0.2) is 35.5 Å². The van der Waals surface area contributed by atoms with Crippen LogP contribution in [0.2, 0.25) is 0 Å². The van der Waals surface area contributed by atoms with Gasteiger partial charge in [-0.2, -0.15) is 8.42 Å². The van der Waals surface area contributed by atoms with Crippen molar-refractivity contribution in [1.82, 2.24) is 9.97 Å². The molecule has 7 heteroatoms. The van der Waals surface area contributed by atoms with Gasteiger partial charge in [-0.15, -0.1) is 0 Å². The third kappa shape index (κ3) is 2.68. The van der Waals surface area contributed by atoms with Crippen molar-refractivity contribution in [2.45, 2.75) is 24.9 Å². The van der Waals surface area contributed by atoms with Gasteiger partial charge >= 0.3 is 0 Å². The average Bonchev–Trinajstić information content (AvgIpc) is 2.96. The molecule has 0 unspecified atom stereocenters. The second-order valence-corrected chi connectivity index (χ2v) is 6.33. The number of H-pyrrole nitrogens is 1. The summed E-state index contributed by atoms with van der Waals surface area (Å²) in [7, 11) is -2.10. The molecule has 0 aliphatic carbocycles. The Labute approximate surface area is 118 Å². The molecule has 0 amide bonds. The van der Waals surface area contributed by atoms with Crippen LogP contribution < -0.4 is 10.0 Å². The van der Waals surface area contributed by atoms with Crippen molar-refractivity contribution in [2.24, 2.45) is 5.73 Å². The molecule has 108 valence electrons. The molecule has 2 aromatic rings. The molecule has 1 aromatic carbocycles. The van der Waals surface area contributed by atoms with Gasteiger partial charge in [0.2, 0.25) is 0 Å². The van der Waals surface area contributed by atoms with Crippen LogP contribution in [0.3, 0.4) is 0 Å². The fourth-order valence-corrected chi connectivity index (χ4v) is 2.91. The lowest BCUT2D eigenvalue weighted by Gasteiger charge is -2.18. The maximum Gasteiger partial charge on any atom is 0.281 e. The zero-order valence-corrected chi connectivity index (χ0v) is 12.3. The second kappa shape index (κ2) is 5.64. The summed E-state index contributed by atoms with van der Waals surface area (Å²) >= 11 is 0. The number of hydrogen-bond donors (Lipinski definition) is 2. The molecule has 20 heavy (non-hydrogen) atoms. The standard InChI is InChI=1S/C13H18N4O2S/c1-3-12-15-9-13(16-12)20(18,19)17(2)11-6-4-10(8-14)5-7-11/h4-7,9H,3,8,14H2,1-2H3,(H,15,16). The molecule has 2 rings (SSSR count). The van der Waals surface area contributed by atoms with E-state index >= 15 is 0 Å². The largest absolute Gasteiger partial charge is 0.332 e. The molecule has 0 saturated heterocycles. The maximum absolute atomic E-state index is 12.4. The van der Waals surface area contributed by atoms with Crippen molar-refractivity contribution in [1.29, 1.82) is 0 Å².